The molecular formula is C24H21BrClN7O2S. The van der Waals surface area contributed by atoms with Crippen molar-refractivity contribution in [3.05, 3.63) is 93.4 Å². The summed E-state index contributed by atoms with van der Waals surface area (Å²) >= 11 is 10.7. The van der Waals surface area contributed by atoms with Gasteiger partial charge in [-0.3, -0.25) is 4.79 Å². The third-order valence-electron chi connectivity index (χ3n) is 4.73. The van der Waals surface area contributed by atoms with E-state index in [9.17, 15) is 4.79 Å². The number of nitrogens with zero attached hydrogens (tertiary/aromatic N) is 4. The van der Waals surface area contributed by atoms with Crippen LogP contribution in [0.25, 0.3) is 0 Å². The molecule has 4 aromatic rings. The number of halogens is 2. The van der Waals surface area contributed by atoms with Crippen molar-refractivity contribution in [1.29, 1.82) is 0 Å². The largest absolute Gasteiger partial charge is 0.488 e. The zero-order valence-corrected chi connectivity index (χ0v) is 21.9. The number of nitrogen functional groups attached to an aromatic ring is 1. The number of aromatic nitrogens is 3. The fourth-order valence-electron chi connectivity index (χ4n) is 2.99. The van der Waals surface area contributed by atoms with Crippen LogP contribution in [0.4, 0.5) is 11.6 Å². The van der Waals surface area contributed by atoms with E-state index in [-0.39, 0.29) is 17.6 Å². The Morgan fingerprint density at radius 1 is 1.14 bits per heavy atom. The van der Waals surface area contributed by atoms with Crippen LogP contribution in [-0.4, -0.2) is 32.7 Å². The second-order valence-electron chi connectivity index (χ2n) is 7.31. The molecule has 0 unspecified atom stereocenters. The van der Waals surface area contributed by atoms with Crippen LogP contribution in [0.5, 0.6) is 5.75 Å². The number of rotatable bonds is 10. The minimum atomic E-state index is -0.193. The number of nitrogens with one attached hydrogen (secondary N) is 2. The maximum Gasteiger partial charge on any atom is 0.264 e. The van der Waals surface area contributed by atoms with Gasteiger partial charge in [0.1, 0.15) is 12.4 Å². The summed E-state index contributed by atoms with van der Waals surface area (Å²) in [6.45, 7) is 0.324. The molecule has 4 N–H and O–H groups in total. The van der Waals surface area contributed by atoms with Gasteiger partial charge in [0, 0.05) is 26.3 Å². The molecule has 9 nitrogen and oxygen atoms in total. The Bertz CT molecular complexity index is 1380. The first-order valence-electron chi connectivity index (χ1n) is 10.6. The molecule has 12 heteroatoms. The lowest BCUT2D eigenvalue weighted by atomic mass is 10.2. The molecule has 36 heavy (non-hydrogen) atoms. The van der Waals surface area contributed by atoms with Gasteiger partial charge in [0.25, 0.3) is 5.95 Å². The number of anilines is 2. The monoisotopic (exact) mass is 585 g/mol. The van der Waals surface area contributed by atoms with Crippen LogP contribution in [0.15, 0.2) is 87.5 Å². The second-order valence-corrected chi connectivity index (χ2v) is 9.58. The highest BCUT2D eigenvalue weighted by Gasteiger charge is 2.12. The van der Waals surface area contributed by atoms with Crippen molar-refractivity contribution in [3.8, 4) is 5.75 Å². The molecule has 0 saturated carbocycles. The SMILES string of the molecule is Nn1c(N/N=C/c2ccccc2OCc2ccccc2Cl)nnc1SCC(=O)Nc1cccc(Br)c1. The molecule has 1 amide bonds. The Morgan fingerprint density at radius 3 is 2.78 bits per heavy atom. The molecule has 0 atom stereocenters. The zero-order valence-electron chi connectivity index (χ0n) is 18.8. The lowest BCUT2D eigenvalue weighted by molar-refractivity contribution is -0.113. The number of hydrazone groups is 1. The van der Waals surface area contributed by atoms with Gasteiger partial charge in [-0.15, -0.1) is 10.2 Å². The van der Waals surface area contributed by atoms with Crippen molar-refractivity contribution in [2.24, 2.45) is 5.10 Å². The Kier molecular flexibility index (Phi) is 8.82. The number of hydrogen-bond donors (Lipinski definition) is 3. The predicted octanol–water partition coefficient (Wildman–Crippen LogP) is 5.16. The van der Waals surface area contributed by atoms with E-state index in [4.69, 9.17) is 22.2 Å². The minimum Gasteiger partial charge on any atom is -0.488 e. The first kappa shape index (κ1) is 25.5. The van der Waals surface area contributed by atoms with Gasteiger partial charge in [-0.1, -0.05) is 75.7 Å². The van der Waals surface area contributed by atoms with Crippen molar-refractivity contribution >= 4 is 63.1 Å². The van der Waals surface area contributed by atoms with Gasteiger partial charge < -0.3 is 15.9 Å². The maximum absolute atomic E-state index is 12.2. The number of hydrogen-bond acceptors (Lipinski definition) is 8. The van der Waals surface area contributed by atoms with Crippen molar-refractivity contribution < 1.29 is 9.53 Å². The van der Waals surface area contributed by atoms with E-state index in [0.717, 1.165) is 27.4 Å². The number of carbonyl (C=O) groups is 1. The topological polar surface area (TPSA) is 119 Å². The van der Waals surface area contributed by atoms with Crippen molar-refractivity contribution in [1.82, 2.24) is 14.9 Å². The quantitative estimate of drug-likeness (QED) is 0.102. The van der Waals surface area contributed by atoms with Crippen LogP contribution in [0.2, 0.25) is 5.02 Å². The average molecular weight is 587 g/mol. The van der Waals surface area contributed by atoms with Crippen molar-refractivity contribution in [2.75, 3.05) is 22.3 Å². The summed E-state index contributed by atoms with van der Waals surface area (Å²) < 4.78 is 8.04. The molecule has 0 aliphatic heterocycles. The molecule has 184 valence electrons. The van der Waals surface area contributed by atoms with E-state index in [1.54, 1.807) is 12.3 Å². The summed E-state index contributed by atoms with van der Waals surface area (Å²) in [5.41, 5.74) is 5.09. The minimum absolute atomic E-state index is 0.112. The molecular weight excluding hydrogens is 566 g/mol. The molecule has 0 bridgehead atoms. The molecule has 0 aliphatic carbocycles. The number of para-hydroxylation sites is 1. The van der Waals surface area contributed by atoms with Crippen molar-refractivity contribution in [3.63, 3.8) is 0 Å². The normalized spacial score (nSPS) is 10.9. The van der Waals surface area contributed by atoms with Crippen molar-refractivity contribution in [2.45, 2.75) is 11.8 Å². The molecule has 3 aromatic carbocycles. The molecule has 4 rings (SSSR count). The van der Waals surface area contributed by atoms with E-state index in [0.29, 0.717) is 28.2 Å². The Labute approximate surface area is 225 Å². The molecule has 0 spiro atoms. The van der Waals surface area contributed by atoms with Crippen LogP contribution in [-0.2, 0) is 11.4 Å². The summed E-state index contributed by atoms with van der Waals surface area (Å²) in [7, 11) is 0. The summed E-state index contributed by atoms with van der Waals surface area (Å²) in [6, 6.07) is 22.3. The van der Waals surface area contributed by atoms with Gasteiger partial charge in [-0.05, 0) is 36.4 Å². The zero-order chi connectivity index (χ0) is 25.3. The van der Waals surface area contributed by atoms with Gasteiger partial charge in [0.2, 0.25) is 11.1 Å². The van der Waals surface area contributed by atoms with Gasteiger partial charge in [-0.25, -0.2) is 10.1 Å². The van der Waals surface area contributed by atoms with Crippen LogP contribution in [0.1, 0.15) is 11.1 Å². The predicted molar refractivity (Wildman–Crippen MR) is 147 cm³/mol. The molecule has 0 aliphatic rings. The third-order valence-corrected chi connectivity index (χ3v) is 6.54. The van der Waals surface area contributed by atoms with E-state index >= 15 is 0 Å². The maximum atomic E-state index is 12.2. The first-order chi connectivity index (χ1) is 17.5. The summed E-state index contributed by atoms with van der Waals surface area (Å²) in [4.78, 5) is 12.2. The lowest BCUT2D eigenvalue weighted by Gasteiger charge is -2.10. The number of benzene rings is 3. The highest BCUT2D eigenvalue weighted by Crippen LogP contribution is 2.22. The fourth-order valence-corrected chi connectivity index (χ4v) is 4.24. The number of nitrogens with two attached hydrogens (primary N) is 1. The van der Waals surface area contributed by atoms with E-state index < -0.39 is 0 Å². The molecule has 1 heterocycles. The Morgan fingerprint density at radius 2 is 1.94 bits per heavy atom. The smallest absolute Gasteiger partial charge is 0.264 e. The second kappa shape index (κ2) is 12.4. The third kappa shape index (κ3) is 7.00. The van der Waals surface area contributed by atoms with E-state index in [2.05, 4.69) is 42.0 Å². The Balaban J connectivity index is 1.32. The van der Waals surface area contributed by atoms with Crippen LogP contribution in [0, 0.1) is 0 Å². The summed E-state index contributed by atoms with van der Waals surface area (Å²) in [6.07, 6.45) is 1.59. The molecule has 0 fully saturated rings. The number of ether oxygens (including phenoxy) is 1. The Hall–Kier alpha value is -3.54. The number of carbonyl (C=O) groups excluding carboxylic acids is 1. The lowest BCUT2D eigenvalue weighted by Crippen LogP contribution is -2.16. The highest BCUT2D eigenvalue weighted by atomic mass is 79.9. The van der Waals surface area contributed by atoms with Crippen LogP contribution in [0.3, 0.4) is 0 Å². The highest BCUT2D eigenvalue weighted by molar-refractivity contribution is 9.10. The molecule has 1 aromatic heterocycles. The fraction of sp³-hybridized carbons (Fsp3) is 0.0833. The van der Waals surface area contributed by atoms with Crippen LogP contribution >= 0.6 is 39.3 Å². The average Bonchev–Trinajstić information content (AvgIpc) is 3.22. The number of thioether (sulfide) groups is 1. The summed E-state index contributed by atoms with van der Waals surface area (Å²) in [5, 5.41) is 16.0. The molecule has 0 radical (unpaired) electrons. The van der Waals surface area contributed by atoms with Gasteiger partial charge >= 0.3 is 0 Å². The first-order valence-corrected chi connectivity index (χ1v) is 12.8. The van der Waals surface area contributed by atoms with Gasteiger partial charge in [0.15, 0.2) is 0 Å². The van der Waals surface area contributed by atoms with Gasteiger partial charge in [0.05, 0.1) is 12.0 Å². The molecule has 0 saturated heterocycles. The standard InChI is InChI=1S/C24H21BrClN7O2S/c25-18-8-5-9-19(12-18)29-22(34)15-36-24-32-31-23(33(24)27)30-28-13-16-6-2-4-11-21(16)35-14-17-7-1-3-10-20(17)26/h1-13H,14-15,27H2,(H,29,34)(H,30,31)/b28-13+. The summed E-state index contributed by atoms with van der Waals surface area (Å²) in [5.74, 6) is 6.84. The number of amides is 1. The van der Waals surface area contributed by atoms with E-state index in [1.165, 1.54) is 4.68 Å². The van der Waals surface area contributed by atoms with E-state index in [1.807, 2.05) is 66.7 Å². The van der Waals surface area contributed by atoms with Crippen LogP contribution < -0.4 is 21.3 Å². The van der Waals surface area contributed by atoms with Gasteiger partial charge in [-0.2, -0.15) is 5.10 Å².